The zero-order chi connectivity index (χ0) is 21.5. The first kappa shape index (κ1) is 22.1. The molecule has 31 heavy (non-hydrogen) atoms. The van der Waals surface area contributed by atoms with E-state index in [2.05, 4.69) is 20.9 Å². The van der Waals surface area contributed by atoms with Crippen molar-refractivity contribution in [1.29, 1.82) is 0 Å². The summed E-state index contributed by atoms with van der Waals surface area (Å²) < 4.78 is 0. The summed E-state index contributed by atoms with van der Waals surface area (Å²) in [6.45, 7) is 0. The zero-order valence-corrected chi connectivity index (χ0v) is 19.1. The number of aromatic nitrogens is 1. The van der Waals surface area contributed by atoms with Crippen LogP contribution in [0.3, 0.4) is 0 Å². The highest BCUT2D eigenvalue weighted by atomic mass is 32.1. The van der Waals surface area contributed by atoms with E-state index in [9.17, 15) is 9.59 Å². The van der Waals surface area contributed by atoms with Crippen LogP contribution in [0.25, 0.3) is 10.2 Å². The minimum absolute atomic E-state index is 0.0888. The molecule has 4 rings (SSSR count). The number of urea groups is 1. The van der Waals surface area contributed by atoms with Crippen molar-refractivity contribution >= 4 is 44.9 Å². The summed E-state index contributed by atoms with van der Waals surface area (Å²) in [6, 6.07) is 1.67. The van der Waals surface area contributed by atoms with Crippen LogP contribution in [-0.4, -0.2) is 23.0 Å². The Morgan fingerprint density at radius 2 is 1.48 bits per heavy atom. The smallest absolute Gasteiger partial charge is 0.323 e. The number of carbonyl (C=O) groups excluding carboxylic acids is 2. The number of anilines is 2. The number of hydrogen-bond donors (Lipinski definition) is 3. The lowest BCUT2D eigenvalue weighted by Crippen LogP contribution is -2.35. The summed E-state index contributed by atoms with van der Waals surface area (Å²) in [6.07, 6.45) is 19.3. The monoisotopic (exact) mass is 442 g/mol. The zero-order valence-electron chi connectivity index (χ0n) is 18.3. The minimum Gasteiger partial charge on any atom is -0.349 e. The van der Waals surface area contributed by atoms with E-state index in [1.807, 2.05) is 0 Å². The molecule has 0 saturated heterocycles. The Hall–Kier alpha value is -2.15. The first-order valence-electron chi connectivity index (χ1n) is 12.0. The predicted octanol–water partition coefficient (Wildman–Crippen LogP) is 6.83. The largest absolute Gasteiger partial charge is 0.349 e. The minimum atomic E-state index is -0.304. The first-order valence-corrected chi connectivity index (χ1v) is 12.8. The van der Waals surface area contributed by atoms with Crippen LogP contribution in [0, 0.1) is 0 Å². The van der Waals surface area contributed by atoms with Gasteiger partial charge in [-0.15, -0.1) is 11.3 Å². The SMILES string of the molecule is O=C1Nc2ccnc3sc(C(=O)NC4CCCCCCCCCCCCCC4)c(c23)N1. The van der Waals surface area contributed by atoms with Crippen LogP contribution in [0.2, 0.25) is 0 Å². The molecular weight excluding hydrogens is 408 g/mol. The fourth-order valence-corrected chi connectivity index (χ4v) is 5.79. The second-order valence-corrected chi connectivity index (χ2v) is 9.91. The van der Waals surface area contributed by atoms with Crippen LogP contribution in [-0.2, 0) is 0 Å². The van der Waals surface area contributed by atoms with Crippen LogP contribution in [0.5, 0.6) is 0 Å². The lowest BCUT2D eigenvalue weighted by Gasteiger charge is -2.20. The van der Waals surface area contributed by atoms with Gasteiger partial charge in [-0.1, -0.05) is 77.0 Å². The van der Waals surface area contributed by atoms with Gasteiger partial charge in [0.05, 0.1) is 16.8 Å². The maximum absolute atomic E-state index is 13.2. The average molecular weight is 443 g/mol. The van der Waals surface area contributed by atoms with E-state index in [1.54, 1.807) is 12.3 Å². The molecule has 2 aromatic rings. The molecule has 3 N–H and O–H groups in total. The van der Waals surface area contributed by atoms with Crippen molar-refractivity contribution in [2.75, 3.05) is 10.6 Å². The second-order valence-electron chi connectivity index (χ2n) is 8.91. The fourth-order valence-electron chi connectivity index (χ4n) is 4.76. The van der Waals surface area contributed by atoms with Crippen LogP contribution in [0.4, 0.5) is 16.2 Å². The Morgan fingerprint density at radius 1 is 0.903 bits per heavy atom. The molecule has 0 unspecified atom stereocenters. The number of hydrogen-bond acceptors (Lipinski definition) is 4. The fraction of sp³-hybridized carbons (Fsp3) is 0.625. The number of carbonyl (C=O) groups is 2. The molecule has 2 aromatic heterocycles. The van der Waals surface area contributed by atoms with Crippen molar-refractivity contribution in [3.05, 3.63) is 17.1 Å². The Morgan fingerprint density at radius 3 is 2.10 bits per heavy atom. The molecule has 0 atom stereocenters. The molecule has 6 nitrogen and oxygen atoms in total. The van der Waals surface area contributed by atoms with Crippen LogP contribution in [0.1, 0.15) is 99.6 Å². The van der Waals surface area contributed by atoms with E-state index in [4.69, 9.17) is 0 Å². The molecule has 1 aliphatic carbocycles. The summed E-state index contributed by atoms with van der Waals surface area (Å²) in [4.78, 5) is 31.0. The van der Waals surface area contributed by atoms with Crippen molar-refractivity contribution < 1.29 is 9.59 Å². The summed E-state index contributed by atoms with van der Waals surface area (Å²) in [7, 11) is 0. The Bertz CT molecular complexity index is 894. The predicted molar refractivity (Wildman–Crippen MR) is 128 cm³/mol. The summed E-state index contributed by atoms with van der Waals surface area (Å²) in [5.41, 5.74) is 1.31. The lowest BCUT2D eigenvalue weighted by atomic mass is 10.0. The molecular formula is C24H34N4O2S. The average Bonchev–Trinajstić information content (AvgIpc) is 3.12. The van der Waals surface area contributed by atoms with E-state index in [1.165, 1.54) is 75.5 Å². The topological polar surface area (TPSA) is 83.1 Å². The molecule has 3 amide bonds. The van der Waals surface area contributed by atoms with Crippen molar-refractivity contribution in [1.82, 2.24) is 10.3 Å². The summed E-state index contributed by atoms with van der Waals surface area (Å²) in [5.74, 6) is -0.0888. The molecule has 7 heteroatoms. The highest BCUT2D eigenvalue weighted by Crippen LogP contribution is 2.41. The van der Waals surface area contributed by atoms with E-state index in [0.717, 1.165) is 35.9 Å². The molecule has 168 valence electrons. The van der Waals surface area contributed by atoms with Gasteiger partial charge in [0.2, 0.25) is 0 Å². The molecule has 1 fully saturated rings. The van der Waals surface area contributed by atoms with Crippen molar-refractivity contribution in [2.45, 2.75) is 95.9 Å². The lowest BCUT2D eigenvalue weighted by molar-refractivity contribution is 0.0936. The number of thiophene rings is 1. The molecule has 1 saturated carbocycles. The van der Waals surface area contributed by atoms with Gasteiger partial charge >= 0.3 is 6.03 Å². The van der Waals surface area contributed by atoms with Crippen molar-refractivity contribution in [3.8, 4) is 0 Å². The van der Waals surface area contributed by atoms with E-state index >= 15 is 0 Å². The van der Waals surface area contributed by atoms with Gasteiger partial charge in [0.25, 0.3) is 5.91 Å². The third kappa shape index (κ3) is 5.76. The van der Waals surface area contributed by atoms with Gasteiger partial charge in [-0.3, -0.25) is 4.79 Å². The highest BCUT2D eigenvalue weighted by molar-refractivity contribution is 7.21. The van der Waals surface area contributed by atoms with Gasteiger partial charge < -0.3 is 16.0 Å². The third-order valence-corrected chi connectivity index (χ3v) is 7.57. The quantitative estimate of drug-likeness (QED) is 0.477. The standard InChI is InChI=1S/C24H34N4O2S/c29-22(21-20-19-18(27-24(30)28-20)15-16-25-23(19)31-21)26-17-13-11-9-7-5-3-1-2-4-6-8-10-12-14-17/h15-17H,1-14H2,(H,26,29)(H2,27,28,30). The molecule has 0 bridgehead atoms. The van der Waals surface area contributed by atoms with Crippen LogP contribution >= 0.6 is 11.3 Å². The molecule has 0 spiro atoms. The van der Waals surface area contributed by atoms with Crippen molar-refractivity contribution in [2.24, 2.45) is 0 Å². The Labute approximate surface area is 188 Å². The van der Waals surface area contributed by atoms with E-state index in [0.29, 0.717) is 16.3 Å². The Balaban J connectivity index is 1.43. The molecule has 1 aliphatic heterocycles. The van der Waals surface area contributed by atoms with Crippen LogP contribution < -0.4 is 16.0 Å². The van der Waals surface area contributed by atoms with Gasteiger partial charge in [-0.05, 0) is 18.9 Å². The first-order chi connectivity index (χ1) is 15.2. The maximum Gasteiger partial charge on any atom is 0.323 e. The number of amides is 3. The third-order valence-electron chi connectivity index (χ3n) is 6.48. The highest BCUT2D eigenvalue weighted by Gasteiger charge is 2.27. The Kier molecular flexibility index (Phi) is 7.78. The maximum atomic E-state index is 13.2. The number of nitrogens with one attached hydrogen (secondary N) is 3. The second kappa shape index (κ2) is 10.9. The number of nitrogens with zero attached hydrogens (tertiary/aromatic N) is 1. The van der Waals surface area contributed by atoms with Crippen LogP contribution in [0.15, 0.2) is 12.3 Å². The number of rotatable bonds is 2. The molecule has 0 radical (unpaired) electrons. The molecule has 2 aliphatic rings. The molecule has 3 heterocycles. The normalized spacial score (nSPS) is 19.7. The van der Waals surface area contributed by atoms with Gasteiger partial charge in [-0.2, -0.15) is 0 Å². The summed E-state index contributed by atoms with van der Waals surface area (Å²) >= 11 is 1.35. The van der Waals surface area contributed by atoms with Gasteiger partial charge in [0.15, 0.2) is 0 Å². The van der Waals surface area contributed by atoms with Crippen molar-refractivity contribution in [3.63, 3.8) is 0 Å². The van der Waals surface area contributed by atoms with E-state index < -0.39 is 0 Å². The van der Waals surface area contributed by atoms with Gasteiger partial charge in [0.1, 0.15) is 9.71 Å². The van der Waals surface area contributed by atoms with Gasteiger partial charge in [0, 0.05) is 12.2 Å². The number of pyridine rings is 1. The van der Waals surface area contributed by atoms with E-state index in [-0.39, 0.29) is 18.0 Å². The summed E-state index contributed by atoms with van der Waals surface area (Å²) in [5, 5.41) is 9.75. The molecule has 0 aromatic carbocycles. The van der Waals surface area contributed by atoms with Gasteiger partial charge in [-0.25, -0.2) is 9.78 Å².